The number of methoxy groups -OCH3 is 3. The Morgan fingerprint density at radius 3 is 2.29 bits per heavy atom. The van der Waals surface area contributed by atoms with E-state index in [9.17, 15) is 23.1 Å². The first-order valence-corrected chi connectivity index (χ1v) is 8.70. The number of carbonyl (C=O) groups is 1. The molecule has 7 nitrogen and oxygen atoms in total. The Balaban J connectivity index is 2.09. The van der Waals surface area contributed by atoms with Crippen LogP contribution < -0.4 is 14.2 Å². The smallest absolute Gasteiger partial charge is 0.439 e. The number of carbonyl (C=O) groups excluding carboxylic acids is 1. The number of halogens is 3. The third-order valence-corrected chi connectivity index (χ3v) is 5.14. The van der Waals surface area contributed by atoms with Crippen LogP contribution in [-0.2, 0) is 0 Å². The fourth-order valence-electron chi connectivity index (χ4n) is 3.75. The van der Waals surface area contributed by atoms with Gasteiger partial charge in [-0.05, 0) is 31.4 Å². The molecule has 0 spiro atoms. The van der Waals surface area contributed by atoms with Crippen molar-refractivity contribution in [2.45, 2.75) is 37.6 Å². The van der Waals surface area contributed by atoms with Gasteiger partial charge in [0.05, 0.1) is 27.2 Å². The minimum atomic E-state index is -5.07. The van der Waals surface area contributed by atoms with Crippen molar-refractivity contribution in [3.63, 3.8) is 0 Å². The maximum Gasteiger partial charge on any atom is 0.439 e. The highest BCUT2D eigenvalue weighted by Crippen LogP contribution is 2.49. The molecule has 0 saturated heterocycles. The van der Waals surface area contributed by atoms with Crippen LogP contribution in [0.1, 0.15) is 36.0 Å². The highest BCUT2D eigenvalue weighted by Gasteiger charge is 2.68. The number of amides is 1. The molecule has 0 bridgehead atoms. The molecule has 1 saturated carbocycles. The number of hydrazone groups is 1. The quantitative estimate of drug-likeness (QED) is 0.838. The lowest BCUT2D eigenvalue weighted by molar-refractivity contribution is -0.312. The second-order valence-electron chi connectivity index (χ2n) is 6.64. The molecule has 1 aromatic rings. The van der Waals surface area contributed by atoms with Gasteiger partial charge in [0.1, 0.15) is 0 Å². The van der Waals surface area contributed by atoms with Crippen LogP contribution in [-0.4, -0.2) is 55.0 Å². The minimum absolute atomic E-state index is 0.102. The molecule has 1 fully saturated rings. The first kappa shape index (κ1) is 20.2. The van der Waals surface area contributed by atoms with Crippen LogP contribution >= 0.6 is 0 Å². The lowest BCUT2D eigenvalue weighted by Crippen LogP contribution is -2.61. The van der Waals surface area contributed by atoms with E-state index in [0.717, 1.165) is 0 Å². The van der Waals surface area contributed by atoms with E-state index < -0.39 is 23.7 Å². The van der Waals surface area contributed by atoms with Gasteiger partial charge in [0, 0.05) is 11.3 Å². The fourth-order valence-corrected chi connectivity index (χ4v) is 3.75. The zero-order valence-corrected chi connectivity index (χ0v) is 15.7. The maximum atomic E-state index is 13.9. The molecule has 0 aromatic heterocycles. The number of aliphatic hydroxyl groups is 1. The normalized spacial score (nSPS) is 24.5. The van der Waals surface area contributed by atoms with E-state index in [1.54, 1.807) is 0 Å². The van der Waals surface area contributed by atoms with E-state index in [-0.39, 0.29) is 40.0 Å². The molecule has 1 heterocycles. The summed E-state index contributed by atoms with van der Waals surface area (Å²) < 4.78 is 57.1. The lowest BCUT2D eigenvalue weighted by Gasteiger charge is -2.38. The van der Waals surface area contributed by atoms with Gasteiger partial charge in [-0.1, -0.05) is 6.42 Å². The predicted molar refractivity (Wildman–Crippen MR) is 92.7 cm³/mol. The molecule has 0 unspecified atom stereocenters. The van der Waals surface area contributed by atoms with Crippen LogP contribution in [0.2, 0.25) is 0 Å². The summed E-state index contributed by atoms with van der Waals surface area (Å²) in [6, 6.07) is 2.45. The molecule has 28 heavy (non-hydrogen) atoms. The predicted octanol–water partition coefficient (Wildman–Crippen LogP) is 2.97. The monoisotopic (exact) mass is 402 g/mol. The topological polar surface area (TPSA) is 80.6 Å². The van der Waals surface area contributed by atoms with Gasteiger partial charge in [-0.15, -0.1) is 0 Å². The fraction of sp³-hybridized carbons (Fsp3) is 0.556. The van der Waals surface area contributed by atoms with Gasteiger partial charge < -0.3 is 19.3 Å². The van der Waals surface area contributed by atoms with Crippen molar-refractivity contribution in [1.82, 2.24) is 5.01 Å². The van der Waals surface area contributed by atoms with Crippen molar-refractivity contribution in [2.24, 2.45) is 11.0 Å². The highest BCUT2D eigenvalue weighted by molar-refractivity contribution is 6.00. The number of hydrogen-bond donors (Lipinski definition) is 1. The number of ether oxygens (including phenoxy) is 3. The summed E-state index contributed by atoms with van der Waals surface area (Å²) in [5.74, 6) is -1.99. The summed E-state index contributed by atoms with van der Waals surface area (Å²) in [6.45, 7) is 0. The molecular weight excluding hydrogens is 381 g/mol. The zero-order valence-electron chi connectivity index (χ0n) is 15.7. The van der Waals surface area contributed by atoms with E-state index >= 15 is 0 Å². The first-order valence-electron chi connectivity index (χ1n) is 8.70. The average Bonchev–Trinajstić information content (AvgIpc) is 3.00. The van der Waals surface area contributed by atoms with Gasteiger partial charge in [-0.3, -0.25) is 4.79 Å². The van der Waals surface area contributed by atoms with Crippen LogP contribution in [0, 0.1) is 5.92 Å². The lowest BCUT2D eigenvalue weighted by atomic mass is 9.80. The molecule has 1 aliphatic carbocycles. The second kappa shape index (κ2) is 7.16. The van der Waals surface area contributed by atoms with E-state index in [1.165, 1.54) is 33.5 Å². The number of rotatable bonds is 4. The van der Waals surface area contributed by atoms with Gasteiger partial charge in [-0.25, -0.2) is 0 Å². The standard InChI is InChI=1S/C18H21F3N2O5/c1-26-13-8-10(9-14(27-2)15(13)28-3)16(24)23-17(25,18(19,20)21)11-6-4-5-7-12(11)22-23/h8-9,11,25H,4-7H2,1-3H3/t11-,17-/m1/s1. The number of nitrogens with zero attached hydrogens (tertiary/aromatic N) is 2. The molecule has 0 radical (unpaired) electrons. The number of fused-ring (bicyclic) bond motifs is 1. The van der Waals surface area contributed by atoms with Crippen molar-refractivity contribution in [3.8, 4) is 17.2 Å². The second-order valence-corrected chi connectivity index (χ2v) is 6.64. The number of alkyl halides is 3. The van der Waals surface area contributed by atoms with Crippen molar-refractivity contribution in [3.05, 3.63) is 17.7 Å². The van der Waals surface area contributed by atoms with Crippen LogP contribution in [0.4, 0.5) is 13.2 Å². The third-order valence-electron chi connectivity index (χ3n) is 5.14. The summed E-state index contributed by atoms with van der Waals surface area (Å²) in [6.07, 6.45) is -3.48. The Hall–Kier alpha value is -2.49. The molecule has 1 aromatic carbocycles. The van der Waals surface area contributed by atoms with Crippen LogP contribution in [0.5, 0.6) is 17.2 Å². The first-order chi connectivity index (χ1) is 13.2. The van der Waals surface area contributed by atoms with Crippen molar-refractivity contribution in [1.29, 1.82) is 0 Å². The maximum absolute atomic E-state index is 13.9. The Labute approximate surface area is 159 Å². The third kappa shape index (κ3) is 2.95. The summed E-state index contributed by atoms with van der Waals surface area (Å²) in [4.78, 5) is 13.0. The Morgan fingerprint density at radius 2 is 1.79 bits per heavy atom. The van der Waals surface area contributed by atoms with Crippen LogP contribution in [0.25, 0.3) is 0 Å². The van der Waals surface area contributed by atoms with Gasteiger partial charge in [0.25, 0.3) is 11.6 Å². The van der Waals surface area contributed by atoms with E-state index in [1.807, 2.05) is 0 Å². The van der Waals surface area contributed by atoms with Crippen molar-refractivity contribution < 1.29 is 37.3 Å². The van der Waals surface area contributed by atoms with Crippen LogP contribution in [0.15, 0.2) is 17.2 Å². The minimum Gasteiger partial charge on any atom is -0.493 e. The van der Waals surface area contributed by atoms with Gasteiger partial charge in [-0.2, -0.15) is 23.3 Å². The van der Waals surface area contributed by atoms with Gasteiger partial charge in [0.15, 0.2) is 11.5 Å². The molecule has 10 heteroatoms. The highest BCUT2D eigenvalue weighted by atomic mass is 19.4. The van der Waals surface area contributed by atoms with Crippen molar-refractivity contribution in [2.75, 3.05) is 21.3 Å². The molecule has 154 valence electrons. The van der Waals surface area contributed by atoms with E-state index in [4.69, 9.17) is 14.2 Å². The molecule has 1 aliphatic heterocycles. The summed E-state index contributed by atoms with van der Waals surface area (Å²) in [5.41, 5.74) is -3.38. The average molecular weight is 402 g/mol. The molecule has 2 aliphatic rings. The Morgan fingerprint density at radius 1 is 1.18 bits per heavy atom. The Bertz CT molecular complexity index is 786. The van der Waals surface area contributed by atoms with E-state index in [2.05, 4.69) is 5.10 Å². The summed E-state index contributed by atoms with van der Waals surface area (Å²) in [5, 5.41) is 14.7. The number of benzene rings is 1. The molecule has 1 N–H and O–H groups in total. The Kier molecular flexibility index (Phi) is 5.18. The van der Waals surface area contributed by atoms with Crippen LogP contribution in [0.3, 0.4) is 0 Å². The largest absolute Gasteiger partial charge is 0.493 e. The summed E-state index contributed by atoms with van der Waals surface area (Å²) in [7, 11) is 4.01. The molecule has 3 rings (SSSR count). The SMILES string of the molecule is COc1cc(C(=O)N2N=C3CCCC[C@H]3[C@@]2(O)C(F)(F)F)cc(OC)c1OC. The zero-order chi connectivity index (χ0) is 20.7. The molecule has 2 atom stereocenters. The van der Waals surface area contributed by atoms with E-state index in [0.29, 0.717) is 19.3 Å². The van der Waals surface area contributed by atoms with Crippen molar-refractivity contribution >= 4 is 11.6 Å². The van der Waals surface area contributed by atoms with Gasteiger partial charge >= 0.3 is 6.18 Å². The molecular formula is C18H21F3N2O5. The molecule has 1 amide bonds. The van der Waals surface area contributed by atoms with Gasteiger partial charge in [0.2, 0.25) is 5.75 Å². The summed E-state index contributed by atoms with van der Waals surface area (Å²) >= 11 is 0. The number of hydrogen-bond acceptors (Lipinski definition) is 6.